The van der Waals surface area contributed by atoms with Gasteiger partial charge in [-0.2, -0.15) is 0 Å². The lowest BCUT2D eigenvalue weighted by Crippen LogP contribution is -2.36. The molecule has 0 radical (unpaired) electrons. The van der Waals surface area contributed by atoms with Gasteiger partial charge in [0.25, 0.3) is 0 Å². The molecule has 0 saturated heterocycles. The largest absolute Gasteiger partial charge is 0.468 e. The lowest BCUT2D eigenvalue weighted by Gasteiger charge is -2.20. The smallest absolute Gasteiger partial charge is 0.234 e. The number of hydrogen-bond donors (Lipinski definition) is 1. The first-order chi connectivity index (χ1) is 13.3. The van der Waals surface area contributed by atoms with E-state index in [0.29, 0.717) is 26.2 Å². The molecule has 0 bridgehead atoms. The minimum atomic E-state index is -0.0317. The molecule has 1 aromatic carbocycles. The minimum absolute atomic E-state index is 0.0317. The van der Waals surface area contributed by atoms with Crippen molar-refractivity contribution < 1.29 is 18.7 Å². The van der Waals surface area contributed by atoms with E-state index in [0.717, 1.165) is 22.8 Å². The molecule has 0 atom stereocenters. The highest BCUT2D eigenvalue weighted by atomic mass is 32.1. The highest BCUT2D eigenvalue weighted by Crippen LogP contribution is 2.32. The second kappa shape index (κ2) is 8.28. The highest BCUT2D eigenvalue weighted by molar-refractivity contribution is 7.09. The minimum Gasteiger partial charge on any atom is -0.468 e. The molecule has 1 amide bonds. The first kappa shape index (κ1) is 17.6. The summed E-state index contributed by atoms with van der Waals surface area (Å²) in [6, 6.07) is 13.6. The summed E-state index contributed by atoms with van der Waals surface area (Å²) in [4.78, 5) is 15.8. The third-order valence-corrected chi connectivity index (χ3v) is 5.07. The van der Waals surface area contributed by atoms with Crippen molar-refractivity contribution >= 4 is 17.2 Å². The van der Waals surface area contributed by atoms with Gasteiger partial charge in [0.15, 0.2) is 11.5 Å². The molecule has 0 aliphatic carbocycles. The fourth-order valence-corrected chi connectivity index (χ4v) is 3.67. The van der Waals surface area contributed by atoms with Crippen molar-refractivity contribution in [2.24, 2.45) is 0 Å². The number of carbonyl (C=O) groups excluding carboxylic acids is 1. The van der Waals surface area contributed by atoms with Crippen LogP contribution in [0.25, 0.3) is 0 Å². The molecular formula is C20H20N2O4S. The summed E-state index contributed by atoms with van der Waals surface area (Å²) in [5.74, 6) is 2.27. The maximum atomic E-state index is 12.5. The van der Waals surface area contributed by atoms with E-state index >= 15 is 0 Å². The van der Waals surface area contributed by atoms with E-state index < -0.39 is 0 Å². The Labute approximate surface area is 161 Å². The zero-order chi connectivity index (χ0) is 18.5. The highest BCUT2D eigenvalue weighted by Gasteiger charge is 2.16. The van der Waals surface area contributed by atoms with Crippen molar-refractivity contribution in [1.29, 1.82) is 0 Å². The lowest BCUT2D eigenvalue weighted by atomic mass is 10.2. The number of carbonyl (C=O) groups is 1. The molecule has 0 fully saturated rings. The van der Waals surface area contributed by atoms with Gasteiger partial charge >= 0.3 is 0 Å². The van der Waals surface area contributed by atoms with Crippen LogP contribution in [0.4, 0.5) is 0 Å². The summed E-state index contributed by atoms with van der Waals surface area (Å²) in [5, 5.41) is 5.02. The van der Waals surface area contributed by atoms with E-state index in [9.17, 15) is 4.79 Å². The number of hydrogen-bond acceptors (Lipinski definition) is 6. The maximum absolute atomic E-state index is 12.5. The van der Waals surface area contributed by atoms with E-state index in [1.54, 1.807) is 17.6 Å². The number of furan rings is 1. The average Bonchev–Trinajstić information content (AvgIpc) is 3.42. The second-order valence-corrected chi connectivity index (χ2v) is 7.30. The summed E-state index contributed by atoms with van der Waals surface area (Å²) in [6.07, 6.45) is 1.65. The Morgan fingerprint density at radius 1 is 1.11 bits per heavy atom. The van der Waals surface area contributed by atoms with Crippen LogP contribution in [-0.2, 0) is 24.4 Å². The first-order valence-electron chi connectivity index (χ1n) is 8.68. The lowest BCUT2D eigenvalue weighted by molar-refractivity contribution is -0.122. The fraction of sp³-hybridized carbons (Fsp3) is 0.250. The molecule has 1 aliphatic rings. The molecule has 27 heavy (non-hydrogen) atoms. The summed E-state index contributed by atoms with van der Waals surface area (Å²) < 4.78 is 16.1. The van der Waals surface area contributed by atoms with E-state index in [-0.39, 0.29) is 12.7 Å². The SMILES string of the molecule is O=C(CN(Cc1ccco1)Cc1cccs1)NCc1ccc2c(c1)OCO2. The topological polar surface area (TPSA) is 63.9 Å². The summed E-state index contributed by atoms with van der Waals surface area (Å²) in [5.41, 5.74) is 0.975. The van der Waals surface area contributed by atoms with Crippen LogP contribution in [0, 0.1) is 0 Å². The van der Waals surface area contributed by atoms with Gasteiger partial charge in [-0.05, 0) is 41.3 Å². The number of amides is 1. The van der Waals surface area contributed by atoms with Crippen molar-refractivity contribution in [2.45, 2.75) is 19.6 Å². The first-order valence-corrected chi connectivity index (χ1v) is 9.56. The summed E-state index contributed by atoms with van der Waals surface area (Å²) in [6.45, 7) is 2.28. The third kappa shape index (κ3) is 4.69. The van der Waals surface area contributed by atoms with Crippen molar-refractivity contribution in [3.8, 4) is 11.5 Å². The summed E-state index contributed by atoms with van der Waals surface area (Å²) >= 11 is 1.68. The van der Waals surface area contributed by atoms with Crippen molar-refractivity contribution in [3.63, 3.8) is 0 Å². The van der Waals surface area contributed by atoms with Gasteiger partial charge in [0.05, 0.1) is 19.4 Å². The predicted molar refractivity (Wildman–Crippen MR) is 102 cm³/mol. The molecule has 7 heteroatoms. The van der Waals surface area contributed by atoms with Gasteiger partial charge in [-0.1, -0.05) is 12.1 Å². The zero-order valence-corrected chi connectivity index (χ0v) is 15.5. The number of ether oxygens (including phenoxy) is 2. The van der Waals surface area contributed by atoms with Crippen LogP contribution in [0.15, 0.2) is 58.5 Å². The van der Waals surface area contributed by atoms with Crippen LogP contribution < -0.4 is 14.8 Å². The maximum Gasteiger partial charge on any atom is 0.234 e. The van der Waals surface area contributed by atoms with E-state index in [1.807, 2.05) is 41.8 Å². The number of nitrogens with one attached hydrogen (secondary N) is 1. The normalized spacial score (nSPS) is 12.5. The molecule has 6 nitrogen and oxygen atoms in total. The number of thiophene rings is 1. The number of fused-ring (bicyclic) bond motifs is 1. The summed E-state index contributed by atoms with van der Waals surface area (Å²) in [7, 11) is 0. The molecule has 1 aliphatic heterocycles. The quantitative estimate of drug-likeness (QED) is 0.645. The van der Waals surface area contributed by atoms with Crippen LogP contribution in [0.5, 0.6) is 11.5 Å². The molecule has 2 aromatic heterocycles. The Balaban J connectivity index is 1.34. The van der Waals surface area contributed by atoms with Gasteiger partial charge < -0.3 is 19.2 Å². The van der Waals surface area contributed by atoms with Gasteiger partial charge in [-0.15, -0.1) is 11.3 Å². The number of nitrogens with zero attached hydrogens (tertiary/aromatic N) is 1. The second-order valence-electron chi connectivity index (χ2n) is 6.27. The van der Waals surface area contributed by atoms with E-state index in [2.05, 4.69) is 16.3 Å². The average molecular weight is 384 g/mol. The van der Waals surface area contributed by atoms with Crippen LogP contribution in [0.1, 0.15) is 16.2 Å². The zero-order valence-electron chi connectivity index (χ0n) is 14.7. The van der Waals surface area contributed by atoms with Crippen molar-refractivity contribution in [3.05, 3.63) is 70.3 Å². The Kier molecular flexibility index (Phi) is 5.41. The van der Waals surface area contributed by atoms with Gasteiger partial charge in [0.2, 0.25) is 12.7 Å². The third-order valence-electron chi connectivity index (χ3n) is 4.21. The fourth-order valence-electron chi connectivity index (χ4n) is 2.92. The Morgan fingerprint density at radius 2 is 2.04 bits per heavy atom. The van der Waals surface area contributed by atoms with Crippen LogP contribution in [0.2, 0.25) is 0 Å². The number of benzene rings is 1. The molecule has 3 aromatic rings. The monoisotopic (exact) mass is 384 g/mol. The van der Waals surface area contributed by atoms with Gasteiger partial charge in [-0.25, -0.2) is 0 Å². The molecule has 0 unspecified atom stereocenters. The Bertz CT molecular complexity index is 841. The van der Waals surface area contributed by atoms with E-state index in [4.69, 9.17) is 13.9 Å². The number of rotatable bonds is 8. The van der Waals surface area contributed by atoms with Gasteiger partial charge in [-0.3, -0.25) is 9.69 Å². The van der Waals surface area contributed by atoms with Crippen LogP contribution in [-0.4, -0.2) is 24.1 Å². The van der Waals surface area contributed by atoms with Crippen LogP contribution >= 0.6 is 11.3 Å². The molecule has 0 saturated carbocycles. The molecule has 0 spiro atoms. The van der Waals surface area contributed by atoms with E-state index in [1.165, 1.54) is 4.88 Å². The molecule has 4 rings (SSSR count). The van der Waals surface area contributed by atoms with Crippen LogP contribution in [0.3, 0.4) is 0 Å². The van der Waals surface area contributed by atoms with Crippen molar-refractivity contribution in [1.82, 2.24) is 10.2 Å². The Hall–Kier alpha value is -2.77. The predicted octanol–water partition coefficient (Wildman–Crippen LogP) is 3.39. The Morgan fingerprint density at radius 3 is 2.85 bits per heavy atom. The molecule has 1 N–H and O–H groups in total. The molecule has 3 heterocycles. The molecule has 140 valence electrons. The van der Waals surface area contributed by atoms with Crippen molar-refractivity contribution in [2.75, 3.05) is 13.3 Å². The van der Waals surface area contributed by atoms with Gasteiger partial charge in [0.1, 0.15) is 5.76 Å². The standard InChI is InChI=1S/C20H20N2O4S/c23-20(21-10-15-5-6-18-19(9-15)26-14-25-18)13-22(11-16-3-1-7-24-16)12-17-4-2-8-27-17/h1-9H,10-14H2,(H,21,23). The molecular weight excluding hydrogens is 364 g/mol. The van der Waals surface area contributed by atoms with Gasteiger partial charge in [0, 0.05) is 18.0 Å².